The largest absolute Gasteiger partial charge is 0.409 e. The third kappa shape index (κ3) is 3.21. The molecule has 0 radical (unpaired) electrons. The van der Waals surface area contributed by atoms with Gasteiger partial charge in [0.05, 0.1) is 6.10 Å². The van der Waals surface area contributed by atoms with Crippen LogP contribution in [0.4, 0.5) is 0 Å². The van der Waals surface area contributed by atoms with Crippen LogP contribution in [0.2, 0.25) is 0 Å². The lowest BCUT2D eigenvalue weighted by atomic mass is 9.82. The van der Waals surface area contributed by atoms with Crippen LogP contribution in [0.1, 0.15) is 24.0 Å². The molecular formula is C13H19N3O2. The van der Waals surface area contributed by atoms with E-state index in [1.807, 2.05) is 18.2 Å². The van der Waals surface area contributed by atoms with Gasteiger partial charge >= 0.3 is 0 Å². The molecule has 1 saturated carbocycles. The molecule has 0 atom stereocenters. The molecule has 0 aromatic heterocycles. The minimum Gasteiger partial charge on any atom is -0.409 e. The van der Waals surface area contributed by atoms with Crippen molar-refractivity contribution in [2.75, 3.05) is 6.54 Å². The van der Waals surface area contributed by atoms with E-state index in [2.05, 4.69) is 10.5 Å². The molecule has 0 spiro atoms. The number of nitrogens with zero attached hydrogens (tertiary/aromatic N) is 1. The first-order valence-corrected chi connectivity index (χ1v) is 6.14. The predicted octanol–water partition coefficient (Wildman–Crippen LogP) is 0.642. The molecule has 0 unspecified atom stereocenters. The molecule has 98 valence electrons. The first-order valence-electron chi connectivity index (χ1n) is 6.14. The Kier molecular flexibility index (Phi) is 4.17. The molecule has 18 heavy (non-hydrogen) atoms. The summed E-state index contributed by atoms with van der Waals surface area (Å²) in [6, 6.07) is 7.59. The molecule has 5 N–H and O–H groups in total. The van der Waals surface area contributed by atoms with Gasteiger partial charge in [0.2, 0.25) is 0 Å². The number of nitrogens with two attached hydrogens (primary N) is 1. The van der Waals surface area contributed by atoms with Crippen LogP contribution in [-0.2, 0) is 6.54 Å². The molecule has 2 rings (SSSR count). The van der Waals surface area contributed by atoms with Crippen LogP contribution in [0, 0.1) is 5.92 Å². The zero-order chi connectivity index (χ0) is 13.0. The summed E-state index contributed by atoms with van der Waals surface area (Å²) in [5.74, 6) is 0.714. The maximum absolute atomic E-state index is 9.18. The topological polar surface area (TPSA) is 90.9 Å². The highest BCUT2D eigenvalue weighted by Gasteiger charge is 2.26. The molecule has 1 aromatic rings. The van der Waals surface area contributed by atoms with Gasteiger partial charge in [-0.3, -0.25) is 0 Å². The summed E-state index contributed by atoms with van der Waals surface area (Å²) in [7, 11) is 0. The molecule has 1 aliphatic rings. The number of rotatable bonds is 5. The fourth-order valence-electron chi connectivity index (χ4n) is 2.19. The van der Waals surface area contributed by atoms with Crippen molar-refractivity contribution in [2.45, 2.75) is 25.5 Å². The van der Waals surface area contributed by atoms with E-state index in [0.717, 1.165) is 37.1 Å². The second kappa shape index (κ2) is 5.84. The Hall–Kier alpha value is -1.59. The second-order valence-electron chi connectivity index (χ2n) is 4.81. The number of amidine groups is 1. The SMILES string of the molecule is NC(=NO)c1cccc(CNCC2CC(O)C2)c1. The first-order chi connectivity index (χ1) is 8.69. The highest BCUT2D eigenvalue weighted by molar-refractivity contribution is 5.97. The van der Waals surface area contributed by atoms with Crippen molar-refractivity contribution >= 4 is 5.84 Å². The van der Waals surface area contributed by atoms with Gasteiger partial charge in [-0.25, -0.2) is 0 Å². The summed E-state index contributed by atoms with van der Waals surface area (Å²) < 4.78 is 0. The van der Waals surface area contributed by atoms with E-state index >= 15 is 0 Å². The van der Waals surface area contributed by atoms with E-state index in [9.17, 15) is 5.11 Å². The molecular weight excluding hydrogens is 230 g/mol. The number of aliphatic hydroxyl groups is 1. The zero-order valence-corrected chi connectivity index (χ0v) is 10.2. The monoisotopic (exact) mass is 249 g/mol. The first kappa shape index (κ1) is 12.9. The third-order valence-electron chi connectivity index (χ3n) is 3.30. The number of oxime groups is 1. The lowest BCUT2D eigenvalue weighted by Crippen LogP contribution is -2.35. The summed E-state index contributed by atoms with van der Waals surface area (Å²) in [5.41, 5.74) is 7.35. The van der Waals surface area contributed by atoms with E-state index in [0.29, 0.717) is 5.92 Å². The van der Waals surface area contributed by atoms with Gasteiger partial charge in [-0.2, -0.15) is 0 Å². The Bertz CT molecular complexity index is 428. The number of benzene rings is 1. The number of aliphatic hydroxyl groups excluding tert-OH is 1. The molecule has 1 aromatic carbocycles. The van der Waals surface area contributed by atoms with Crippen LogP contribution >= 0.6 is 0 Å². The number of hydrogen-bond acceptors (Lipinski definition) is 4. The quantitative estimate of drug-likeness (QED) is 0.267. The molecule has 1 fully saturated rings. The smallest absolute Gasteiger partial charge is 0.170 e. The van der Waals surface area contributed by atoms with Crippen molar-refractivity contribution < 1.29 is 10.3 Å². The van der Waals surface area contributed by atoms with Gasteiger partial charge < -0.3 is 21.4 Å². The zero-order valence-electron chi connectivity index (χ0n) is 10.2. The van der Waals surface area contributed by atoms with Crippen molar-refractivity contribution in [1.29, 1.82) is 0 Å². The van der Waals surface area contributed by atoms with Crippen molar-refractivity contribution in [1.82, 2.24) is 5.32 Å². The Morgan fingerprint density at radius 3 is 2.89 bits per heavy atom. The summed E-state index contributed by atoms with van der Waals surface area (Å²) in [6.45, 7) is 1.67. The molecule has 0 heterocycles. The summed E-state index contributed by atoms with van der Waals surface area (Å²) in [6.07, 6.45) is 1.70. The molecule has 5 heteroatoms. The molecule has 0 saturated heterocycles. The van der Waals surface area contributed by atoms with E-state index in [1.54, 1.807) is 6.07 Å². The van der Waals surface area contributed by atoms with Gasteiger partial charge in [-0.1, -0.05) is 23.4 Å². The molecule has 0 aliphatic heterocycles. The van der Waals surface area contributed by atoms with Crippen molar-refractivity contribution in [3.05, 3.63) is 35.4 Å². The average Bonchev–Trinajstić information content (AvgIpc) is 2.36. The Balaban J connectivity index is 1.82. The number of hydrogen-bond donors (Lipinski definition) is 4. The lowest BCUT2D eigenvalue weighted by molar-refractivity contribution is 0.0430. The fourth-order valence-corrected chi connectivity index (χ4v) is 2.19. The van der Waals surface area contributed by atoms with Crippen molar-refractivity contribution in [2.24, 2.45) is 16.8 Å². The summed E-state index contributed by atoms with van der Waals surface area (Å²) in [5, 5.41) is 24.1. The van der Waals surface area contributed by atoms with Gasteiger partial charge in [0.25, 0.3) is 0 Å². The Morgan fingerprint density at radius 1 is 1.44 bits per heavy atom. The minimum absolute atomic E-state index is 0.0966. The number of nitrogens with one attached hydrogen (secondary N) is 1. The Morgan fingerprint density at radius 2 is 2.22 bits per heavy atom. The van der Waals surface area contributed by atoms with E-state index in [-0.39, 0.29) is 11.9 Å². The van der Waals surface area contributed by atoms with Gasteiger partial charge in [-0.15, -0.1) is 0 Å². The fraction of sp³-hybridized carbons (Fsp3) is 0.462. The summed E-state index contributed by atoms with van der Waals surface area (Å²) in [4.78, 5) is 0. The van der Waals surface area contributed by atoms with Crippen LogP contribution in [0.25, 0.3) is 0 Å². The standard InChI is InChI=1S/C13H19N3O2/c14-13(16-18)11-3-1-2-9(4-11)7-15-8-10-5-12(17)6-10/h1-4,10,12,15,17-18H,5-8H2,(H2,14,16). The van der Waals surface area contributed by atoms with E-state index in [1.165, 1.54) is 0 Å². The van der Waals surface area contributed by atoms with Crippen LogP contribution < -0.4 is 11.1 Å². The van der Waals surface area contributed by atoms with E-state index < -0.39 is 0 Å². The van der Waals surface area contributed by atoms with Crippen LogP contribution in [0.15, 0.2) is 29.4 Å². The predicted molar refractivity (Wildman–Crippen MR) is 69.4 cm³/mol. The minimum atomic E-state index is -0.0966. The van der Waals surface area contributed by atoms with Crippen LogP contribution in [0.5, 0.6) is 0 Å². The van der Waals surface area contributed by atoms with Gasteiger partial charge in [0.15, 0.2) is 5.84 Å². The van der Waals surface area contributed by atoms with Crippen molar-refractivity contribution in [3.8, 4) is 0 Å². The maximum Gasteiger partial charge on any atom is 0.170 e. The van der Waals surface area contributed by atoms with Crippen LogP contribution in [-0.4, -0.2) is 28.8 Å². The van der Waals surface area contributed by atoms with Crippen LogP contribution in [0.3, 0.4) is 0 Å². The van der Waals surface area contributed by atoms with Gasteiger partial charge in [-0.05, 0) is 36.9 Å². The third-order valence-corrected chi connectivity index (χ3v) is 3.30. The van der Waals surface area contributed by atoms with Gasteiger partial charge in [0, 0.05) is 12.1 Å². The lowest BCUT2D eigenvalue weighted by Gasteiger charge is -2.31. The molecule has 0 bridgehead atoms. The highest BCUT2D eigenvalue weighted by atomic mass is 16.4. The maximum atomic E-state index is 9.18. The van der Waals surface area contributed by atoms with Crippen molar-refractivity contribution in [3.63, 3.8) is 0 Å². The second-order valence-corrected chi connectivity index (χ2v) is 4.81. The molecule has 5 nitrogen and oxygen atoms in total. The molecule has 0 amide bonds. The van der Waals surface area contributed by atoms with Gasteiger partial charge in [0.1, 0.15) is 0 Å². The van der Waals surface area contributed by atoms with E-state index in [4.69, 9.17) is 10.9 Å². The normalized spacial score (nSPS) is 23.7. The molecule has 1 aliphatic carbocycles. The average molecular weight is 249 g/mol. The summed E-state index contributed by atoms with van der Waals surface area (Å²) >= 11 is 0. The Labute approximate surface area is 106 Å². The highest BCUT2D eigenvalue weighted by Crippen LogP contribution is 2.26.